The number of carbonyl (C=O) groups excluding carboxylic acids is 2. The van der Waals surface area contributed by atoms with Crippen LogP contribution in [0.15, 0.2) is 76.5 Å². The van der Waals surface area contributed by atoms with Crippen molar-refractivity contribution in [2.75, 3.05) is 18.1 Å². The molecule has 2 aliphatic rings. The SMILES string of the molecule is CCOC(=O)c1nc2ccccc2c(=O)n1C1N=C(c2ccccc2)c2cc(C)cc3c2N(CC3)C1=O. The van der Waals surface area contributed by atoms with Crippen LogP contribution in [-0.4, -0.2) is 40.3 Å². The van der Waals surface area contributed by atoms with E-state index in [1.54, 1.807) is 36.1 Å². The fourth-order valence-corrected chi connectivity index (χ4v) is 5.20. The van der Waals surface area contributed by atoms with E-state index in [-0.39, 0.29) is 18.3 Å². The van der Waals surface area contributed by atoms with Gasteiger partial charge in [-0.1, -0.05) is 54.1 Å². The van der Waals surface area contributed by atoms with Crippen LogP contribution in [0.1, 0.15) is 46.0 Å². The molecular formula is C29H24N4O4. The molecule has 8 heteroatoms. The van der Waals surface area contributed by atoms with Crippen LogP contribution < -0.4 is 10.5 Å². The minimum absolute atomic E-state index is 0.0961. The van der Waals surface area contributed by atoms with E-state index < -0.39 is 17.7 Å². The highest BCUT2D eigenvalue weighted by Crippen LogP contribution is 2.39. The Kier molecular flexibility index (Phi) is 5.44. The maximum atomic E-state index is 14.1. The molecule has 0 N–H and O–H groups in total. The van der Waals surface area contributed by atoms with E-state index in [0.29, 0.717) is 29.6 Å². The summed E-state index contributed by atoms with van der Waals surface area (Å²) in [5.74, 6) is -1.42. The zero-order valence-electron chi connectivity index (χ0n) is 20.5. The third-order valence-electron chi connectivity index (χ3n) is 6.76. The van der Waals surface area contributed by atoms with Crippen LogP contribution in [0, 0.1) is 6.92 Å². The zero-order chi connectivity index (χ0) is 25.7. The van der Waals surface area contributed by atoms with Crippen molar-refractivity contribution in [3.8, 4) is 0 Å². The Bertz CT molecular complexity index is 1670. The van der Waals surface area contributed by atoms with E-state index in [4.69, 9.17) is 9.73 Å². The number of aryl methyl sites for hydroxylation is 1. The van der Waals surface area contributed by atoms with Gasteiger partial charge in [-0.2, -0.15) is 0 Å². The molecule has 3 heterocycles. The van der Waals surface area contributed by atoms with E-state index in [1.165, 1.54) is 0 Å². The van der Waals surface area contributed by atoms with Crippen LogP contribution in [0.4, 0.5) is 5.69 Å². The third-order valence-corrected chi connectivity index (χ3v) is 6.76. The Hall–Kier alpha value is -4.59. The minimum atomic E-state index is -1.34. The standard InChI is InChI=1S/C29H24N4O4/c1-3-37-29(36)26-30-22-12-8-7-11-20(22)27(34)33(26)25-28(35)32-14-13-19-15-17(2)16-21(24(19)32)23(31-25)18-9-5-4-6-10-18/h4-12,15-16,25H,3,13-14H2,1-2H3. The lowest BCUT2D eigenvalue weighted by molar-refractivity contribution is -0.121. The van der Waals surface area contributed by atoms with Gasteiger partial charge in [-0.25, -0.2) is 14.8 Å². The molecule has 1 unspecified atom stereocenters. The number of nitrogens with zero attached hydrogens (tertiary/aromatic N) is 4. The second-order valence-electron chi connectivity index (χ2n) is 9.13. The fraction of sp³-hybridized carbons (Fsp3) is 0.207. The Balaban J connectivity index is 1.68. The van der Waals surface area contributed by atoms with Crippen LogP contribution in [0.2, 0.25) is 0 Å². The monoisotopic (exact) mass is 492 g/mol. The van der Waals surface area contributed by atoms with E-state index in [9.17, 15) is 14.4 Å². The third kappa shape index (κ3) is 3.64. The smallest absolute Gasteiger partial charge is 0.374 e. The van der Waals surface area contributed by atoms with Crippen molar-refractivity contribution in [1.82, 2.24) is 9.55 Å². The first-order chi connectivity index (χ1) is 18.0. The lowest BCUT2D eigenvalue weighted by atomic mass is 9.96. The summed E-state index contributed by atoms with van der Waals surface area (Å²) in [4.78, 5) is 52.1. The molecule has 0 bridgehead atoms. The van der Waals surface area contributed by atoms with Crippen molar-refractivity contribution >= 4 is 34.2 Å². The fourth-order valence-electron chi connectivity index (χ4n) is 5.20. The molecule has 1 atom stereocenters. The molecule has 0 saturated heterocycles. The average Bonchev–Trinajstić information content (AvgIpc) is 3.28. The maximum absolute atomic E-state index is 14.1. The average molecular weight is 493 g/mol. The summed E-state index contributed by atoms with van der Waals surface area (Å²) in [6.45, 7) is 4.25. The van der Waals surface area contributed by atoms with Gasteiger partial charge in [0.25, 0.3) is 11.5 Å². The second-order valence-corrected chi connectivity index (χ2v) is 9.13. The summed E-state index contributed by atoms with van der Waals surface area (Å²) in [5, 5.41) is 0.291. The highest BCUT2D eigenvalue weighted by atomic mass is 16.5. The molecule has 0 radical (unpaired) electrons. The van der Waals surface area contributed by atoms with Crippen molar-refractivity contribution in [2.24, 2.45) is 4.99 Å². The van der Waals surface area contributed by atoms with Gasteiger partial charge in [-0.3, -0.25) is 14.2 Å². The van der Waals surface area contributed by atoms with Gasteiger partial charge < -0.3 is 9.64 Å². The predicted octanol–water partition coefficient (Wildman–Crippen LogP) is 3.82. The van der Waals surface area contributed by atoms with Crippen LogP contribution >= 0.6 is 0 Å². The summed E-state index contributed by atoms with van der Waals surface area (Å²) in [6.07, 6.45) is -0.641. The normalized spacial score (nSPS) is 16.4. The Labute approximate surface area is 212 Å². The van der Waals surface area contributed by atoms with Crippen molar-refractivity contribution in [1.29, 1.82) is 0 Å². The molecule has 184 valence electrons. The van der Waals surface area contributed by atoms with Crippen LogP contribution in [0.5, 0.6) is 0 Å². The van der Waals surface area contributed by atoms with Crippen LogP contribution in [0.3, 0.4) is 0 Å². The predicted molar refractivity (Wildman–Crippen MR) is 140 cm³/mol. The molecule has 2 aliphatic heterocycles. The number of carbonyl (C=O) groups is 2. The molecule has 6 rings (SSSR count). The second kappa shape index (κ2) is 8.81. The molecule has 37 heavy (non-hydrogen) atoms. The van der Waals surface area contributed by atoms with Crippen LogP contribution in [-0.2, 0) is 16.0 Å². The summed E-state index contributed by atoms with van der Waals surface area (Å²) >= 11 is 0. The van der Waals surface area contributed by atoms with Gasteiger partial charge in [-0.15, -0.1) is 0 Å². The molecular weight excluding hydrogens is 468 g/mol. The lowest BCUT2D eigenvalue weighted by Gasteiger charge is -2.23. The van der Waals surface area contributed by atoms with Gasteiger partial charge in [-0.05, 0) is 44.0 Å². The highest BCUT2D eigenvalue weighted by Gasteiger charge is 2.39. The summed E-state index contributed by atoms with van der Waals surface area (Å²) < 4.78 is 6.35. The van der Waals surface area contributed by atoms with Gasteiger partial charge in [0.05, 0.1) is 28.9 Å². The van der Waals surface area contributed by atoms with E-state index in [1.807, 2.05) is 43.3 Å². The minimum Gasteiger partial charge on any atom is -0.460 e. The number of rotatable bonds is 4. The van der Waals surface area contributed by atoms with Crippen molar-refractivity contribution in [3.05, 3.63) is 105 Å². The number of esters is 1. The van der Waals surface area contributed by atoms with E-state index >= 15 is 0 Å². The first-order valence-corrected chi connectivity index (χ1v) is 12.2. The molecule has 0 fully saturated rings. The summed E-state index contributed by atoms with van der Waals surface area (Å²) in [7, 11) is 0. The number of aliphatic imine (C=N–C) groups is 1. The number of fused-ring (bicyclic) bond motifs is 1. The molecule has 4 aromatic rings. The first kappa shape index (κ1) is 22.8. The van der Waals surface area contributed by atoms with Gasteiger partial charge >= 0.3 is 5.97 Å². The molecule has 0 saturated carbocycles. The first-order valence-electron chi connectivity index (χ1n) is 12.2. The summed E-state index contributed by atoms with van der Waals surface area (Å²) in [5.41, 5.74) is 4.96. The Morgan fingerprint density at radius 3 is 2.59 bits per heavy atom. The number of amides is 1. The quantitative estimate of drug-likeness (QED) is 0.404. The number of ether oxygens (including phenoxy) is 1. The van der Waals surface area contributed by atoms with Gasteiger partial charge in [0.15, 0.2) is 0 Å². The van der Waals surface area contributed by atoms with E-state index in [0.717, 1.165) is 32.5 Å². The molecule has 3 aromatic carbocycles. The number of hydrogen-bond acceptors (Lipinski definition) is 6. The number of anilines is 1. The maximum Gasteiger partial charge on any atom is 0.374 e. The molecule has 1 amide bonds. The molecule has 8 nitrogen and oxygen atoms in total. The Morgan fingerprint density at radius 1 is 1.05 bits per heavy atom. The number of benzene rings is 3. The Morgan fingerprint density at radius 2 is 1.81 bits per heavy atom. The van der Waals surface area contributed by atoms with Gasteiger partial charge in [0.1, 0.15) is 0 Å². The van der Waals surface area contributed by atoms with Gasteiger partial charge in [0, 0.05) is 17.7 Å². The van der Waals surface area contributed by atoms with Crippen molar-refractivity contribution < 1.29 is 14.3 Å². The van der Waals surface area contributed by atoms with Crippen molar-refractivity contribution in [3.63, 3.8) is 0 Å². The molecule has 0 aliphatic carbocycles. The molecule has 1 aromatic heterocycles. The highest BCUT2D eigenvalue weighted by molar-refractivity contribution is 6.20. The number of aromatic nitrogens is 2. The van der Waals surface area contributed by atoms with E-state index in [2.05, 4.69) is 11.1 Å². The number of para-hydroxylation sites is 1. The largest absolute Gasteiger partial charge is 0.460 e. The molecule has 0 spiro atoms. The van der Waals surface area contributed by atoms with Crippen molar-refractivity contribution in [2.45, 2.75) is 26.4 Å². The zero-order valence-corrected chi connectivity index (χ0v) is 20.5. The summed E-state index contributed by atoms with van der Waals surface area (Å²) in [6, 6.07) is 20.4. The topological polar surface area (TPSA) is 93.9 Å². The number of hydrogen-bond donors (Lipinski definition) is 0. The lowest BCUT2D eigenvalue weighted by Crippen LogP contribution is -2.41. The van der Waals surface area contributed by atoms with Crippen LogP contribution in [0.25, 0.3) is 10.9 Å². The van der Waals surface area contributed by atoms with Gasteiger partial charge in [0.2, 0.25) is 12.0 Å².